The Balaban J connectivity index is 2.09. The molecule has 1 aliphatic rings. The van der Waals surface area contributed by atoms with E-state index in [0.717, 1.165) is 38.5 Å². The Bertz CT molecular complexity index is 641. The lowest BCUT2D eigenvalue weighted by Gasteiger charge is -2.34. The highest BCUT2D eigenvalue weighted by Gasteiger charge is 2.32. The van der Waals surface area contributed by atoms with Crippen molar-refractivity contribution in [1.29, 1.82) is 0 Å². The highest BCUT2D eigenvalue weighted by atomic mass is 32.2. The van der Waals surface area contributed by atoms with Crippen molar-refractivity contribution in [1.82, 2.24) is 4.31 Å². The summed E-state index contributed by atoms with van der Waals surface area (Å²) in [7, 11) is -3.46. The molecule has 0 radical (unpaired) electrons. The molecular formula is C18H28N2O3S. The molecule has 1 aliphatic heterocycles. The van der Waals surface area contributed by atoms with Crippen LogP contribution in [0.3, 0.4) is 0 Å². The summed E-state index contributed by atoms with van der Waals surface area (Å²) in [5.41, 5.74) is 0.640. The maximum Gasteiger partial charge on any atom is 0.243 e. The number of nitrogens with one attached hydrogen (secondary N) is 1. The zero-order valence-corrected chi connectivity index (χ0v) is 15.4. The summed E-state index contributed by atoms with van der Waals surface area (Å²) < 4.78 is 27.4. The fraction of sp³-hybridized carbons (Fsp3) is 0.611. The summed E-state index contributed by atoms with van der Waals surface area (Å²) in [6.45, 7) is 4.67. The van der Waals surface area contributed by atoms with Crippen molar-refractivity contribution >= 4 is 21.6 Å². The monoisotopic (exact) mass is 352 g/mol. The summed E-state index contributed by atoms with van der Waals surface area (Å²) in [6.07, 6.45) is 6.09. The van der Waals surface area contributed by atoms with Crippen LogP contribution in [0.15, 0.2) is 29.2 Å². The summed E-state index contributed by atoms with van der Waals surface area (Å²) in [5.74, 6) is -0.0328. The molecule has 5 nitrogen and oxygen atoms in total. The van der Waals surface area contributed by atoms with Gasteiger partial charge in [-0.3, -0.25) is 4.79 Å². The van der Waals surface area contributed by atoms with Gasteiger partial charge in [-0.1, -0.05) is 26.7 Å². The molecule has 1 atom stereocenters. The van der Waals surface area contributed by atoms with Crippen LogP contribution >= 0.6 is 0 Å². The second-order valence-corrected chi connectivity index (χ2v) is 8.24. The van der Waals surface area contributed by atoms with Crippen LogP contribution in [0.1, 0.15) is 58.8 Å². The molecule has 134 valence electrons. The van der Waals surface area contributed by atoms with Crippen LogP contribution < -0.4 is 5.32 Å². The lowest BCUT2D eigenvalue weighted by atomic mass is 10.0. The number of sulfonamides is 1. The Morgan fingerprint density at radius 2 is 1.92 bits per heavy atom. The molecule has 2 rings (SSSR count). The van der Waals surface area contributed by atoms with Crippen molar-refractivity contribution < 1.29 is 13.2 Å². The molecule has 1 aromatic rings. The van der Waals surface area contributed by atoms with Crippen molar-refractivity contribution in [2.75, 3.05) is 11.9 Å². The first-order chi connectivity index (χ1) is 11.5. The highest BCUT2D eigenvalue weighted by molar-refractivity contribution is 7.89. The van der Waals surface area contributed by atoms with Crippen LogP contribution in [-0.4, -0.2) is 31.2 Å². The number of nitrogens with zero attached hydrogens (tertiary/aromatic N) is 1. The van der Waals surface area contributed by atoms with Crippen LogP contribution in [0.2, 0.25) is 0 Å². The third-order valence-electron chi connectivity index (χ3n) is 4.55. The van der Waals surface area contributed by atoms with Gasteiger partial charge >= 0.3 is 0 Å². The van der Waals surface area contributed by atoms with Gasteiger partial charge in [-0.25, -0.2) is 8.42 Å². The van der Waals surface area contributed by atoms with Gasteiger partial charge in [0, 0.05) is 24.7 Å². The molecule has 0 aromatic heterocycles. The van der Waals surface area contributed by atoms with Crippen LogP contribution in [0.25, 0.3) is 0 Å². The summed E-state index contributed by atoms with van der Waals surface area (Å²) in [4.78, 5) is 12.0. The number of piperidine rings is 1. The van der Waals surface area contributed by atoms with Gasteiger partial charge in [0.15, 0.2) is 0 Å². The molecule has 6 heteroatoms. The van der Waals surface area contributed by atoms with E-state index in [1.165, 1.54) is 0 Å². The smallest absolute Gasteiger partial charge is 0.243 e. The zero-order chi connectivity index (χ0) is 17.6. The molecule has 1 heterocycles. The standard InChI is InChI=1S/C18H28N2O3S/c1-3-5-9-18(21)19-15-10-12-17(13-11-15)24(22,23)20-14-7-6-8-16(20)4-2/h10-13,16H,3-9,14H2,1-2H3,(H,19,21). The number of rotatable bonds is 7. The van der Waals surface area contributed by atoms with Crippen molar-refractivity contribution in [2.45, 2.75) is 69.7 Å². The molecule has 0 saturated carbocycles. The Morgan fingerprint density at radius 1 is 1.21 bits per heavy atom. The fourth-order valence-corrected chi connectivity index (χ4v) is 4.87. The van der Waals surface area contributed by atoms with Gasteiger partial charge in [-0.05, 0) is 49.9 Å². The number of hydrogen-bond donors (Lipinski definition) is 1. The first-order valence-electron chi connectivity index (χ1n) is 8.90. The number of carbonyl (C=O) groups excluding carboxylic acids is 1. The quantitative estimate of drug-likeness (QED) is 0.812. The van der Waals surface area contributed by atoms with E-state index in [1.54, 1.807) is 28.6 Å². The minimum absolute atomic E-state index is 0.0328. The van der Waals surface area contributed by atoms with E-state index in [4.69, 9.17) is 0 Å². The normalized spacial score (nSPS) is 19.2. The van der Waals surface area contributed by atoms with Crippen LogP contribution in [0.4, 0.5) is 5.69 Å². The lowest BCUT2D eigenvalue weighted by Crippen LogP contribution is -2.43. The maximum absolute atomic E-state index is 12.9. The molecule has 1 saturated heterocycles. The van der Waals surface area contributed by atoms with Gasteiger partial charge in [0.2, 0.25) is 15.9 Å². The molecular weight excluding hydrogens is 324 g/mol. The predicted molar refractivity (Wildman–Crippen MR) is 96.4 cm³/mol. The third kappa shape index (κ3) is 4.57. The zero-order valence-electron chi connectivity index (χ0n) is 14.6. The Morgan fingerprint density at radius 3 is 2.54 bits per heavy atom. The van der Waals surface area contributed by atoms with Crippen LogP contribution in [-0.2, 0) is 14.8 Å². The molecule has 0 spiro atoms. The molecule has 24 heavy (non-hydrogen) atoms. The van der Waals surface area contributed by atoms with Crippen LogP contribution in [0.5, 0.6) is 0 Å². The van der Waals surface area contributed by atoms with Gasteiger partial charge < -0.3 is 5.32 Å². The lowest BCUT2D eigenvalue weighted by molar-refractivity contribution is -0.116. The second-order valence-electron chi connectivity index (χ2n) is 6.35. The molecule has 0 aliphatic carbocycles. The van der Waals surface area contributed by atoms with Crippen molar-refractivity contribution in [3.8, 4) is 0 Å². The highest BCUT2D eigenvalue weighted by Crippen LogP contribution is 2.27. The fourth-order valence-electron chi connectivity index (χ4n) is 3.10. The first kappa shape index (κ1) is 18.9. The third-order valence-corrected chi connectivity index (χ3v) is 6.51. The number of hydrogen-bond acceptors (Lipinski definition) is 3. The summed E-state index contributed by atoms with van der Waals surface area (Å²) in [6, 6.07) is 6.61. The van der Waals surface area contributed by atoms with Crippen molar-refractivity contribution in [3.05, 3.63) is 24.3 Å². The molecule has 1 amide bonds. The molecule has 0 bridgehead atoms. The Kier molecular flexibility index (Phi) is 6.80. The van der Waals surface area contributed by atoms with E-state index >= 15 is 0 Å². The Hall–Kier alpha value is -1.40. The van der Waals surface area contributed by atoms with Crippen molar-refractivity contribution in [3.63, 3.8) is 0 Å². The van der Waals surface area contributed by atoms with E-state index in [1.807, 2.05) is 13.8 Å². The molecule has 1 fully saturated rings. The number of carbonyl (C=O) groups is 1. The average molecular weight is 353 g/mol. The van der Waals surface area contributed by atoms with Crippen LogP contribution in [0, 0.1) is 0 Å². The molecule has 1 unspecified atom stereocenters. The SMILES string of the molecule is CCCCC(=O)Nc1ccc(S(=O)(=O)N2CCCCC2CC)cc1. The first-order valence-corrected chi connectivity index (χ1v) is 10.3. The minimum atomic E-state index is -3.46. The number of anilines is 1. The van der Waals surface area contributed by atoms with E-state index in [-0.39, 0.29) is 11.9 Å². The van der Waals surface area contributed by atoms with E-state index < -0.39 is 10.0 Å². The van der Waals surface area contributed by atoms with E-state index in [9.17, 15) is 13.2 Å². The van der Waals surface area contributed by atoms with Crippen molar-refractivity contribution in [2.24, 2.45) is 0 Å². The average Bonchev–Trinajstić information content (AvgIpc) is 2.60. The minimum Gasteiger partial charge on any atom is -0.326 e. The maximum atomic E-state index is 12.9. The largest absolute Gasteiger partial charge is 0.326 e. The van der Waals surface area contributed by atoms with Gasteiger partial charge in [-0.15, -0.1) is 0 Å². The van der Waals surface area contributed by atoms with Gasteiger partial charge in [-0.2, -0.15) is 4.31 Å². The summed E-state index contributed by atoms with van der Waals surface area (Å²) in [5, 5.41) is 2.81. The number of amides is 1. The second kappa shape index (κ2) is 8.62. The van der Waals surface area contributed by atoms with Gasteiger partial charge in [0.1, 0.15) is 0 Å². The molecule has 1 N–H and O–H groups in total. The van der Waals surface area contributed by atoms with Gasteiger partial charge in [0.25, 0.3) is 0 Å². The van der Waals surface area contributed by atoms with Gasteiger partial charge in [0.05, 0.1) is 4.90 Å². The summed E-state index contributed by atoms with van der Waals surface area (Å²) >= 11 is 0. The molecule has 1 aromatic carbocycles. The number of benzene rings is 1. The predicted octanol–water partition coefficient (Wildman–Crippen LogP) is 3.77. The number of unbranched alkanes of at least 4 members (excludes halogenated alkanes) is 1. The van der Waals surface area contributed by atoms with E-state index in [2.05, 4.69) is 5.32 Å². The topological polar surface area (TPSA) is 66.5 Å². The Labute approximate surface area is 145 Å². The van der Waals surface area contributed by atoms with E-state index in [0.29, 0.717) is 23.5 Å².